The molecule has 610 valence electrons. The van der Waals surface area contributed by atoms with Crippen LogP contribution >= 0.6 is 89.9 Å². The number of halogens is 7. The van der Waals surface area contributed by atoms with Crippen LogP contribution in [0.4, 0.5) is 17.5 Å². The van der Waals surface area contributed by atoms with Crippen LogP contribution < -0.4 is 27.8 Å². The number of nitrogens with two attached hydrogens (primary N) is 2. The zero-order chi connectivity index (χ0) is 86.3. The Labute approximate surface area is 731 Å². The highest BCUT2D eigenvalue weighted by Crippen LogP contribution is 2.38. The number of carboxylic acids is 2. The van der Waals surface area contributed by atoms with Crippen LogP contribution in [0.25, 0.3) is 73.4 Å². The second-order valence-corrected chi connectivity index (χ2v) is 31.4. The molecule has 1 aliphatic rings. The SMILES string of the molecule is Cc1ccc(C(=O)Nc2ccnn2C)cc1-c1ccn2c(-c3ccccc3Cl)nnc2c1.Cc1ccc(C(=O)O)cc1-c1ccn2c(-c3ccccc3Cl)nnc2c1.Cc1ccc(C(=O)O)cc1B1OC(C)(C)C(C)(C)O1.Clc1ccccc1-c1nnc2cc(Br)ccn12.Cn1nccc1N.NNc1cc(Br)ccn1.O=C(Cl)c1ccccc1Cl. The van der Waals surface area contributed by atoms with E-state index in [1.165, 1.54) is 0 Å². The number of carbonyl (C=O) groups excluding carboxylic acids is 2. The third-order valence-corrected chi connectivity index (χ3v) is 21.6. The molecule has 1 saturated heterocycles. The number of aryl methyl sites for hydroxylation is 5. The summed E-state index contributed by atoms with van der Waals surface area (Å²) >= 11 is 36.3. The summed E-state index contributed by atoms with van der Waals surface area (Å²) in [6, 6.07) is 63.7. The number of anilines is 3. The van der Waals surface area contributed by atoms with Crippen LogP contribution in [0.1, 0.15) is 85.8 Å². The standard InChI is InChI=1S/C24H19ClN6O.C20H14ClN3O2.C14H19BO4.C12H7BrClN3.C7H4Cl2O.C5H6BrN3.C4H7N3/c1-15-7-8-17(24(32)27-21-9-11-26-30(21)2)13-19(15)16-10-12-31-22(14-16)28-29-23(31)18-5-3-4-6-20(18)25;1-12-6-7-14(20(25)26)10-16(12)13-8-9-24-18(11-13)22-23-19(24)15-4-2-3-5-17(15)21;1-9-6-7-10(12(16)17)8-11(9)15-18-13(2,3)14(4,5)19-15;13-8-5-6-17-11(7-8)15-16-12(17)9-3-1-2-4-10(9)14;8-6-4-2-1-3-5(6)7(9)10;6-4-1-2-8-5(3-4)9-7;1-7-4(5)2-3-6-7/h3-14H,1-2H3,(H,27,32);2-11H,1H3,(H,25,26);6-8H,1-5H3,(H,16,17);1-7H;1-4H;1-3H,7H2,(H,8,9);2-3H,5H2,1H3. The van der Waals surface area contributed by atoms with Crippen molar-refractivity contribution in [3.63, 3.8) is 0 Å². The molecule has 0 atom stereocenters. The molecule has 1 aliphatic heterocycles. The highest BCUT2D eigenvalue weighted by atomic mass is 79.9. The lowest BCUT2D eigenvalue weighted by molar-refractivity contribution is 0.00578. The van der Waals surface area contributed by atoms with Crippen molar-refractivity contribution in [3.05, 3.63) is 317 Å². The van der Waals surface area contributed by atoms with Crippen LogP contribution in [0, 0.1) is 20.8 Å². The lowest BCUT2D eigenvalue weighted by Gasteiger charge is -2.32. The first-order valence-corrected chi connectivity index (χ1v) is 39.9. The summed E-state index contributed by atoms with van der Waals surface area (Å²) in [6.07, 6.45) is 10.7. The Hall–Kier alpha value is -12.0. The number of pyridine rings is 4. The number of hydrazine groups is 1. The Kier molecular flexibility index (Phi) is 29.4. The Balaban J connectivity index is 0.000000145. The highest BCUT2D eigenvalue weighted by molar-refractivity contribution is 9.10. The van der Waals surface area contributed by atoms with Gasteiger partial charge in [0.1, 0.15) is 17.5 Å². The molecule has 0 aliphatic carbocycles. The minimum Gasteiger partial charge on any atom is -0.478 e. The average Bonchev–Trinajstić information content (AvgIpc) is 1.62. The molecule has 8 N–H and O–H groups in total. The van der Waals surface area contributed by atoms with Gasteiger partial charge >= 0.3 is 19.1 Å². The Morgan fingerprint density at radius 3 is 1.30 bits per heavy atom. The number of nitrogens with zero attached hydrogens (tertiary/aromatic N) is 14. The van der Waals surface area contributed by atoms with E-state index in [0.29, 0.717) is 71.6 Å². The Morgan fingerprint density at radius 1 is 0.467 bits per heavy atom. The molecule has 16 aromatic rings. The summed E-state index contributed by atoms with van der Waals surface area (Å²) < 4.78 is 22.7. The number of fused-ring (bicyclic) bond motifs is 3. The molecule has 0 bridgehead atoms. The van der Waals surface area contributed by atoms with E-state index in [2.05, 4.69) is 88.4 Å². The minimum atomic E-state index is -0.948. The van der Waals surface area contributed by atoms with Crippen molar-refractivity contribution in [1.29, 1.82) is 0 Å². The predicted octanol–water partition coefficient (Wildman–Crippen LogP) is 19.4. The van der Waals surface area contributed by atoms with E-state index in [-0.39, 0.29) is 17.0 Å². The third kappa shape index (κ3) is 21.7. The maximum atomic E-state index is 12.8. The van der Waals surface area contributed by atoms with Crippen molar-refractivity contribution < 1.29 is 38.7 Å². The molecular formula is C86H76BBr2Cl5N18O8. The number of hydrogen-bond acceptors (Lipinski definition) is 18. The number of amides is 1. The molecule has 26 nitrogen and oxygen atoms in total. The van der Waals surface area contributed by atoms with Crippen molar-refractivity contribution >= 4 is 160 Å². The van der Waals surface area contributed by atoms with Crippen molar-refractivity contribution in [2.45, 2.75) is 59.7 Å². The lowest BCUT2D eigenvalue weighted by atomic mass is 9.75. The van der Waals surface area contributed by atoms with Crippen LogP contribution in [0.5, 0.6) is 0 Å². The smallest absolute Gasteiger partial charge is 0.478 e. The topological polar surface area (TPSA) is 342 Å². The van der Waals surface area contributed by atoms with Gasteiger partial charge in [-0.1, -0.05) is 151 Å². The van der Waals surface area contributed by atoms with Crippen LogP contribution in [-0.4, -0.2) is 120 Å². The lowest BCUT2D eigenvalue weighted by Crippen LogP contribution is -2.41. The molecule has 1 amide bonds. The van der Waals surface area contributed by atoms with Gasteiger partial charge in [-0.25, -0.2) is 20.4 Å². The summed E-state index contributed by atoms with van der Waals surface area (Å²) in [5, 5.41) is 56.3. The van der Waals surface area contributed by atoms with Crippen LogP contribution in [0.3, 0.4) is 0 Å². The van der Waals surface area contributed by atoms with Gasteiger partial charge in [-0.15, -0.1) is 30.6 Å². The summed E-state index contributed by atoms with van der Waals surface area (Å²) in [7, 11) is 3.06. The summed E-state index contributed by atoms with van der Waals surface area (Å²) in [6.45, 7) is 13.8. The predicted molar refractivity (Wildman–Crippen MR) is 479 cm³/mol. The van der Waals surface area contributed by atoms with Crippen molar-refractivity contribution in [2.24, 2.45) is 19.9 Å². The van der Waals surface area contributed by atoms with Gasteiger partial charge in [0.15, 0.2) is 34.4 Å². The Bertz CT molecular complexity index is 6390. The van der Waals surface area contributed by atoms with E-state index >= 15 is 0 Å². The molecule has 1 fully saturated rings. The monoisotopic (exact) mass is 1830 g/mol. The molecule has 7 aromatic carbocycles. The summed E-state index contributed by atoms with van der Waals surface area (Å²) in [5.41, 5.74) is 20.4. The number of carboxylic acid groups (broad SMARTS) is 2. The molecule has 0 unspecified atom stereocenters. The average molecular weight is 1840 g/mol. The van der Waals surface area contributed by atoms with Crippen molar-refractivity contribution in [3.8, 4) is 56.4 Å². The van der Waals surface area contributed by atoms with Crippen LogP contribution in [0.15, 0.2) is 258 Å². The number of aromatic carboxylic acids is 2. The fourth-order valence-electron chi connectivity index (χ4n) is 11.8. The van der Waals surface area contributed by atoms with Crippen LogP contribution in [-0.2, 0) is 23.4 Å². The first-order chi connectivity index (χ1) is 57.3. The fraction of sp³-hybridized carbons (Fsp3) is 0.128. The van der Waals surface area contributed by atoms with E-state index in [1.807, 2.05) is 220 Å². The first kappa shape index (κ1) is 88.8. The van der Waals surface area contributed by atoms with Gasteiger partial charge in [-0.3, -0.25) is 32.2 Å². The van der Waals surface area contributed by atoms with E-state index in [4.69, 9.17) is 84.0 Å². The molecule has 9 aromatic heterocycles. The molecule has 0 saturated carbocycles. The largest absolute Gasteiger partial charge is 0.495 e. The van der Waals surface area contributed by atoms with Crippen molar-refractivity contribution in [2.75, 3.05) is 16.5 Å². The van der Waals surface area contributed by atoms with Crippen LogP contribution in [0.2, 0.25) is 20.1 Å². The maximum absolute atomic E-state index is 12.8. The van der Waals surface area contributed by atoms with E-state index < -0.39 is 35.5 Å². The quantitative estimate of drug-likeness (QED) is 0.0286. The van der Waals surface area contributed by atoms with Gasteiger partial charge in [0, 0.05) is 76.1 Å². The molecule has 0 spiro atoms. The second-order valence-electron chi connectivity index (χ2n) is 27.6. The number of nitrogens with one attached hydrogen (secondary N) is 2. The molecule has 34 heteroatoms. The number of aromatic nitrogens is 14. The van der Waals surface area contributed by atoms with E-state index in [9.17, 15) is 24.3 Å². The molecule has 17 rings (SSSR count). The number of carbonyl (C=O) groups is 4. The Morgan fingerprint density at radius 2 is 0.892 bits per heavy atom. The van der Waals surface area contributed by atoms with Gasteiger partial charge in [-0.05, 0) is 238 Å². The zero-order valence-electron chi connectivity index (χ0n) is 65.7. The summed E-state index contributed by atoms with van der Waals surface area (Å²) in [4.78, 5) is 49.5. The molecule has 10 heterocycles. The second kappa shape index (κ2) is 39.7. The van der Waals surface area contributed by atoms with Crippen molar-refractivity contribution in [1.82, 2.24) is 68.3 Å². The highest BCUT2D eigenvalue weighted by Gasteiger charge is 2.52. The number of benzene rings is 7. The number of rotatable bonds is 12. The van der Waals surface area contributed by atoms with E-state index in [1.54, 1.807) is 115 Å². The molecule has 120 heavy (non-hydrogen) atoms. The first-order valence-electron chi connectivity index (χ1n) is 36.4. The molecular weight excluding hydrogens is 1760 g/mol. The molecule has 0 radical (unpaired) electrons. The fourth-order valence-corrected chi connectivity index (χ4v) is 13.5. The minimum absolute atomic E-state index is 0.195. The van der Waals surface area contributed by atoms with E-state index in [0.717, 1.165) is 81.5 Å². The third-order valence-electron chi connectivity index (χ3n) is 19.1. The number of nitrogen functional groups attached to an aromatic ring is 2. The zero-order valence-corrected chi connectivity index (χ0v) is 72.6. The van der Waals surface area contributed by atoms with Gasteiger partial charge in [0.2, 0.25) is 0 Å². The summed E-state index contributed by atoms with van der Waals surface area (Å²) in [5.74, 6) is 7.07. The number of hydrogen-bond donors (Lipinski definition) is 6. The van der Waals surface area contributed by atoms with Gasteiger partial charge < -0.3 is 36.0 Å². The van der Waals surface area contributed by atoms with Gasteiger partial charge in [-0.2, -0.15) is 10.2 Å². The van der Waals surface area contributed by atoms with Gasteiger partial charge in [0.25, 0.3) is 11.1 Å². The normalized spacial score (nSPS) is 12.2. The van der Waals surface area contributed by atoms with Gasteiger partial charge in [0.05, 0.1) is 60.4 Å². The maximum Gasteiger partial charge on any atom is 0.495 e.